The summed E-state index contributed by atoms with van der Waals surface area (Å²) < 4.78 is 0. The fourth-order valence-electron chi connectivity index (χ4n) is 1.18. The van der Waals surface area contributed by atoms with Gasteiger partial charge in [-0.2, -0.15) is 5.21 Å². The number of carbonyl (C=O) groups is 1. The van der Waals surface area contributed by atoms with E-state index in [1.807, 2.05) is 19.1 Å². The Morgan fingerprint density at radius 3 is 3.12 bits per heavy atom. The average Bonchev–Trinajstić information content (AvgIpc) is 2.95. The van der Waals surface area contributed by atoms with Gasteiger partial charge in [0.1, 0.15) is 0 Å². The second kappa shape index (κ2) is 5.35. The highest BCUT2D eigenvalue weighted by Gasteiger charge is 2.00. The van der Waals surface area contributed by atoms with Crippen molar-refractivity contribution in [1.29, 1.82) is 0 Å². The van der Waals surface area contributed by atoms with Gasteiger partial charge in [0, 0.05) is 15.8 Å². The zero-order valence-corrected chi connectivity index (χ0v) is 9.99. The Morgan fingerprint density at radius 2 is 2.47 bits per heavy atom. The maximum atomic E-state index is 11.4. The molecule has 0 unspecified atom stereocenters. The maximum Gasteiger partial charge on any atom is 0.244 e. The fraction of sp³-hybridized carbons (Fsp3) is 0.200. The van der Waals surface area contributed by atoms with Gasteiger partial charge in [-0.15, -0.1) is 21.5 Å². The van der Waals surface area contributed by atoms with Gasteiger partial charge in [-0.1, -0.05) is 5.21 Å². The molecule has 0 bridgehead atoms. The molecule has 0 aliphatic heterocycles. The quantitative estimate of drug-likeness (QED) is 0.788. The number of hydrogen-bond acceptors (Lipinski definition) is 5. The van der Waals surface area contributed by atoms with Crippen LogP contribution in [0.15, 0.2) is 18.2 Å². The van der Waals surface area contributed by atoms with Crippen LogP contribution in [0.5, 0.6) is 0 Å². The molecule has 2 N–H and O–H groups in total. The number of carbonyl (C=O) groups excluding carboxylic acids is 1. The maximum absolute atomic E-state index is 11.4. The van der Waals surface area contributed by atoms with Gasteiger partial charge in [0.25, 0.3) is 0 Å². The smallest absolute Gasteiger partial charge is 0.244 e. The van der Waals surface area contributed by atoms with Crippen molar-refractivity contribution in [3.05, 3.63) is 33.8 Å². The number of thiophene rings is 1. The number of tetrazole rings is 1. The minimum atomic E-state index is -0.180. The first-order chi connectivity index (χ1) is 8.24. The van der Waals surface area contributed by atoms with Crippen molar-refractivity contribution in [3.8, 4) is 0 Å². The van der Waals surface area contributed by atoms with Crippen molar-refractivity contribution in [1.82, 2.24) is 25.9 Å². The summed E-state index contributed by atoms with van der Waals surface area (Å²) >= 11 is 1.64. The lowest BCUT2D eigenvalue weighted by Gasteiger charge is -1.95. The molecule has 0 radical (unpaired) electrons. The summed E-state index contributed by atoms with van der Waals surface area (Å²) in [5, 5.41) is 15.8. The van der Waals surface area contributed by atoms with Gasteiger partial charge in [0.15, 0.2) is 5.82 Å². The Hall–Kier alpha value is -2.02. The molecule has 2 heterocycles. The van der Waals surface area contributed by atoms with Crippen LogP contribution in [0.2, 0.25) is 0 Å². The first-order valence-corrected chi connectivity index (χ1v) is 5.80. The van der Waals surface area contributed by atoms with Crippen LogP contribution in [-0.4, -0.2) is 26.5 Å². The lowest BCUT2D eigenvalue weighted by atomic mass is 10.4. The number of aromatic amines is 1. The molecule has 0 atom stereocenters. The number of nitrogens with one attached hydrogen (secondary N) is 2. The lowest BCUT2D eigenvalue weighted by Crippen LogP contribution is -2.20. The zero-order valence-electron chi connectivity index (χ0n) is 9.17. The van der Waals surface area contributed by atoms with Crippen molar-refractivity contribution in [2.24, 2.45) is 0 Å². The van der Waals surface area contributed by atoms with Crippen LogP contribution in [0.1, 0.15) is 15.6 Å². The lowest BCUT2D eigenvalue weighted by molar-refractivity contribution is -0.116. The molecule has 88 valence electrons. The highest BCUT2D eigenvalue weighted by atomic mass is 32.1. The molecule has 0 saturated carbocycles. The van der Waals surface area contributed by atoms with E-state index in [4.69, 9.17) is 0 Å². The molecular weight excluding hydrogens is 238 g/mol. The van der Waals surface area contributed by atoms with Gasteiger partial charge in [-0.3, -0.25) is 4.79 Å². The molecule has 0 aliphatic rings. The van der Waals surface area contributed by atoms with Gasteiger partial charge in [-0.05, 0) is 25.1 Å². The topological polar surface area (TPSA) is 83.6 Å². The third kappa shape index (κ3) is 3.49. The van der Waals surface area contributed by atoms with Crippen LogP contribution in [-0.2, 0) is 11.3 Å². The van der Waals surface area contributed by atoms with Gasteiger partial charge in [0.2, 0.25) is 5.91 Å². The van der Waals surface area contributed by atoms with Crippen LogP contribution >= 0.6 is 11.3 Å². The van der Waals surface area contributed by atoms with E-state index in [9.17, 15) is 4.79 Å². The molecule has 2 aromatic heterocycles. The van der Waals surface area contributed by atoms with E-state index < -0.39 is 0 Å². The van der Waals surface area contributed by atoms with Gasteiger partial charge < -0.3 is 5.32 Å². The van der Waals surface area contributed by atoms with Gasteiger partial charge in [-0.25, -0.2) is 0 Å². The molecule has 7 heteroatoms. The molecule has 2 rings (SSSR count). The van der Waals surface area contributed by atoms with E-state index in [-0.39, 0.29) is 12.5 Å². The first kappa shape index (κ1) is 11.5. The average molecular weight is 249 g/mol. The molecular formula is C10H11N5OS. The van der Waals surface area contributed by atoms with E-state index in [0.29, 0.717) is 5.82 Å². The standard InChI is InChI=1S/C10H11N5OS/c1-7-2-3-8(17-7)4-5-10(16)11-6-9-12-14-15-13-9/h2-5H,6H2,1H3,(H,11,16)(H,12,13,14,15). The van der Waals surface area contributed by atoms with Crippen molar-refractivity contribution in [3.63, 3.8) is 0 Å². The summed E-state index contributed by atoms with van der Waals surface area (Å²) in [4.78, 5) is 13.7. The van der Waals surface area contributed by atoms with Crippen molar-refractivity contribution in [2.45, 2.75) is 13.5 Å². The van der Waals surface area contributed by atoms with Crippen molar-refractivity contribution >= 4 is 23.3 Å². The largest absolute Gasteiger partial charge is 0.345 e. The van der Waals surface area contributed by atoms with E-state index >= 15 is 0 Å². The second-order valence-electron chi connectivity index (χ2n) is 3.33. The molecule has 17 heavy (non-hydrogen) atoms. The number of amides is 1. The molecule has 0 aromatic carbocycles. The van der Waals surface area contributed by atoms with Crippen LogP contribution in [0.4, 0.5) is 0 Å². The Morgan fingerprint density at radius 1 is 1.59 bits per heavy atom. The Labute approximate surface area is 102 Å². The second-order valence-corrected chi connectivity index (χ2v) is 4.65. The van der Waals surface area contributed by atoms with Crippen LogP contribution in [0.3, 0.4) is 0 Å². The predicted octanol–water partition coefficient (Wildman–Crippen LogP) is 0.899. The van der Waals surface area contributed by atoms with Crippen LogP contribution in [0.25, 0.3) is 6.08 Å². The number of H-pyrrole nitrogens is 1. The highest BCUT2D eigenvalue weighted by Crippen LogP contribution is 2.16. The van der Waals surface area contributed by atoms with Crippen LogP contribution in [0, 0.1) is 6.92 Å². The van der Waals surface area contributed by atoms with Crippen LogP contribution < -0.4 is 5.32 Å². The monoisotopic (exact) mass is 249 g/mol. The molecule has 2 aromatic rings. The summed E-state index contributed by atoms with van der Waals surface area (Å²) in [7, 11) is 0. The highest BCUT2D eigenvalue weighted by molar-refractivity contribution is 7.12. The van der Waals surface area contributed by atoms with Gasteiger partial charge >= 0.3 is 0 Å². The normalized spacial score (nSPS) is 10.9. The molecule has 0 fully saturated rings. The third-order valence-corrected chi connectivity index (χ3v) is 2.94. The first-order valence-electron chi connectivity index (χ1n) is 4.99. The van der Waals surface area contributed by atoms with Gasteiger partial charge in [0.05, 0.1) is 6.54 Å². The summed E-state index contributed by atoms with van der Waals surface area (Å²) in [6.07, 6.45) is 3.27. The number of nitrogens with zero attached hydrogens (tertiary/aromatic N) is 3. The van der Waals surface area contributed by atoms with E-state index in [1.54, 1.807) is 17.4 Å². The van der Waals surface area contributed by atoms with Crippen molar-refractivity contribution < 1.29 is 4.79 Å². The Kier molecular flexibility index (Phi) is 3.61. The number of rotatable bonds is 4. The third-order valence-electron chi connectivity index (χ3n) is 1.97. The number of aromatic nitrogens is 4. The molecule has 0 spiro atoms. The molecule has 0 saturated heterocycles. The summed E-state index contributed by atoms with van der Waals surface area (Å²) in [6, 6.07) is 3.99. The summed E-state index contributed by atoms with van der Waals surface area (Å²) in [6.45, 7) is 2.29. The number of hydrogen-bond donors (Lipinski definition) is 2. The zero-order chi connectivity index (χ0) is 12.1. The Bertz CT molecular complexity index is 517. The Balaban J connectivity index is 1.83. The fourth-order valence-corrected chi connectivity index (χ4v) is 1.96. The van der Waals surface area contributed by atoms with E-state index in [0.717, 1.165) is 4.88 Å². The molecule has 0 aliphatic carbocycles. The van der Waals surface area contributed by atoms with Crippen molar-refractivity contribution in [2.75, 3.05) is 0 Å². The van der Waals surface area contributed by atoms with E-state index in [2.05, 4.69) is 25.9 Å². The summed E-state index contributed by atoms with van der Waals surface area (Å²) in [5.74, 6) is 0.277. The van der Waals surface area contributed by atoms with E-state index in [1.165, 1.54) is 11.0 Å². The summed E-state index contributed by atoms with van der Waals surface area (Å²) in [5.41, 5.74) is 0. The SMILES string of the molecule is Cc1ccc(C=CC(=O)NCc2nn[nH]n2)s1. The minimum absolute atomic E-state index is 0.180. The molecule has 1 amide bonds. The molecule has 6 nitrogen and oxygen atoms in total. The number of aryl methyl sites for hydroxylation is 1. The minimum Gasteiger partial charge on any atom is -0.345 e. The predicted molar refractivity (Wildman–Crippen MR) is 64.1 cm³/mol.